The molecule has 1 aliphatic carbocycles. The van der Waals surface area contributed by atoms with Gasteiger partial charge < -0.3 is 14.7 Å². The van der Waals surface area contributed by atoms with Crippen molar-refractivity contribution < 1.29 is 19.4 Å². The normalized spacial score (nSPS) is 38.2. The lowest BCUT2D eigenvalue weighted by molar-refractivity contribution is -0.154. The molecule has 0 aromatic heterocycles. The van der Waals surface area contributed by atoms with Gasteiger partial charge in [0.2, 0.25) is 0 Å². The average Bonchev–Trinajstić information content (AvgIpc) is 3.05. The summed E-state index contributed by atoms with van der Waals surface area (Å²) in [5.74, 6) is -0.569. The topological polar surface area (TPSA) is 66.8 Å². The second-order valence-corrected chi connectivity index (χ2v) is 5.95. The highest BCUT2D eigenvalue weighted by Gasteiger charge is 2.49. The summed E-state index contributed by atoms with van der Waals surface area (Å²) in [5.41, 5.74) is 0. The molecular weight excluding hydrogens is 246 g/mol. The summed E-state index contributed by atoms with van der Waals surface area (Å²) in [6.45, 7) is 0.621. The fraction of sp³-hybridized carbons (Fsp3) is 0.857. The molecule has 3 aliphatic rings. The quantitative estimate of drug-likeness (QED) is 0.821. The predicted molar refractivity (Wildman–Crippen MR) is 67.6 cm³/mol. The summed E-state index contributed by atoms with van der Waals surface area (Å²) >= 11 is 0. The van der Waals surface area contributed by atoms with E-state index in [-0.39, 0.29) is 11.9 Å². The molecule has 0 bridgehead atoms. The first-order chi connectivity index (χ1) is 9.18. The largest absolute Gasteiger partial charge is 0.480 e. The molecule has 1 amide bonds. The molecule has 3 fully saturated rings. The Hall–Kier alpha value is -1.10. The van der Waals surface area contributed by atoms with Gasteiger partial charge >= 0.3 is 5.97 Å². The van der Waals surface area contributed by atoms with E-state index in [0.29, 0.717) is 18.9 Å². The Morgan fingerprint density at radius 2 is 1.89 bits per heavy atom. The minimum Gasteiger partial charge on any atom is -0.480 e. The minimum absolute atomic E-state index is 0.0840. The second-order valence-electron chi connectivity index (χ2n) is 5.95. The smallest absolute Gasteiger partial charge is 0.326 e. The molecule has 5 nitrogen and oxygen atoms in total. The number of nitrogens with zero attached hydrogens (tertiary/aromatic N) is 1. The van der Waals surface area contributed by atoms with E-state index >= 15 is 0 Å². The average molecular weight is 267 g/mol. The third kappa shape index (κ3) is 2.24. The Bertz CT molecular complexity index is 378. The highest BCUT2D eigenvalue weighted by atomic mass is 16.5. The summed E-state index contributed by atoms with van der Waals surface area (Å²) in [6, 6.07) is -0.503. The van der Waals surface area contributed by atoms with Gasteiger partial charge in [0, 0.05) is 12.6 Å². The number of aliphatic carboxylic acids is 1. The van der Waals surface area contributed by atoms with Crippen LogP contribution in [0.1, 0.15) is 44.9 Å². The van der Waals surface area contributed by atoms with Crippen molar-refractivity contribution in [1.29, 1.82) is 0 Å². The van der Waals surface area contributed by atoms with Gasteiger partial charge in [-0.3, -0.25) is 4.79 Å². The molecule has 2 saturated heterocycles. The van der Waals surface area contributed by atoms with Crippen LogP contribution < -0.4 is 0 Å². The van der Waals surface area contributed by atoms with Gasteiger partial charge in [-0.05, 0) is 38.0 Å². The van der Waals surface area contributed by atoms with Crippen molar-refractivity contribution in [2.75, 3.05) is 6.61 Å². The first-order valence-corrected chi connectivity index (χ1v) is 7.35. The number of carboxylic acids is 1. The monoisotopic (exact) mass is 267 g/mol. The number of likely N-dealkylation sites (tertiary alicyclic amines) is 1. The Morgan fingerprint density at radius 3 is 2.58 bits per heavy atom. The number of carbonyl (C=O) groups is 2. The summed E-state index contributed by atoms with van der Waals surface area (Å²) < 4.78 is 5.45. The van der Waals surface area contributed by atoms with Crippen molar-refractivity contribution in [3.63, 3.8) is 0 Å². The number of hydrogen-bond acceptors (Lipinski definition) is 3. The Morgan fingerprint density at radius 1 is 1.11 bits per heavy atom. The molecule has 2 aliphatic heterocycles. The molecule has 19 heavy (non-hydrogen) atoms. The van der Waals surface area contributed by atoms with E-state index in [4.69, 9.17) is 4.74 Å². The number of hydrogen-bond donors (Lipinski definition) is 1. The van der Waals surface area contributed by atoms with E-state index < -0.39 is 18.1 Å². The summed E-state index contributed by atoms with van der Waals surface area (Å²) in [7, 11) is 0. The maximum atomic E-state index is 12.6. The van der Waals surface area contributed by atoms with Crippen LogP contribution in [0.15, 0.2) is 0 Å². The van der Waals surface area contributed by atoms with Crippen LogP contribution in [-0.4, -0.2) is 46.7 Å². The number of ether oxygens (including phenoxy) is 1. The van der Waals surface area contributed by atoms with Crippen LogP contribution >= 0.6 is 0 Å². The summed E-state index contributed by atoms with van der Waals surface area (Å²) in [6.07, 6.45) is 6.13. The number of fused-ring (bicyclic) bond motifs is 1. The zero-order valence-electron chi connectivity index (χ0n) is 11.1. The van der Waals surface area contributed by atoms with Crippen molar-refractivity contribution in [1.82, 2.24) is 4.90 Å². The van der Waals surface area contributed by atoms with Gasteiger partial charge in [0.15, 0.2) is 0 Å². The molecule has 4 atom stereocenters. The number of carbonyl (C=O) groups excluding carboxylic acids is 1. The van der Waals surface area contributed by atoms with E-state index in [1.165, 1.54) is 0 Å². The zero-order chi connectivity index (χ0) is 13.4. The standard InChI is InChI=1S/C14H21NO4/c16-13(12-6-3-7-19-12)15-10-5-2-1-4-9(10)8-11(15)14(17)18/h9-12H,1-8H2,(H,17,18)/t9-,10-,11-,12+/m0/s1. The lowest BCUT2D eigenvalue weighted by atomic mass is 9.84. The van der Waals surface area contributed by atoms with Crippen molar-refractivity contribution in [3.05, 3.63) is 0 Å². The van der Waals surface area contributed by atoms with Crippen molar-refractivity contribution >= 4 is 11.9 Å². The lowest BCUT2D eigenvalue weighted by Gasteiger charge is -2.34. The molecule has 1 saturated carbocycles. The van der Waals surface area contributed by atoms with E-state index in [1.807, 2.05) is 0 Å². The number of rotatable bonds is 2. The molecule has 0 unspecified atom stereocenters. The van der Waals surface area contributed by atoms with Crippen molar-refractivity contribution in [2.45, 2.75) is 63.1 Å². The molecule has 2 heterocycles. The van der Waals surface area contributed by atoms with Crippen LogP contribution in [0.2, 0.25) is 0 Å². The molecule has 0 radical (unpaired) electrons. The molecule has 0 aromatic carbocycles. The molecule has 106 valence electrons. The molecule has 1 N–H and O–H groups in total. The van der Waals surface area contributed by atoms with E-state index in [1.54, 1.807) is 4.90 Å². The number of carboxylic acid groups (broad SMARTS) is 1. The van der Waals surface area contributed by atoms with E-state index in [0.717, 1.165) is 38.5 Å². The van der Waals surface area contributed by atoms with Gasteiger partial charge in [-0.2, -0.15) is 0 Å². The third-order valence-electron chi connectivity index (χ3n) is 4.83. The maximum absolute atomic E-state index is 12.6. The van der Waals surface area contributed by atoms with Gasteiger partial charge in [0.05, 0.1) is 0 Å². The molecule has 3 rings (SSSR count). The van der Waals surface area contributed by atoms with Crippen LogP contribution in [0.3, 0.4) is 0 Å². The number of amides is 1. The molecule has 5 heteroatoms. The zero-order valence-corrected chi connectivity index (χ0v) is 11.1. The Labute approximate surface area is 112 Å². The first kappa shape index (κ1) is 12.9. The van der Waals surface area contributed by atoms with Gasteiger partial charge in [-0.25, -0.2) is 4.79 Å². The van der Waals surface area contributed by atoms with Crippen LogP contribution in [0.5, 0.6) is 0 Å². The van der Waals surface area contributed by atoms with E-state index in [2.05, 4.69) is 0 Å². The van der Waals surface area contributed by atoms with Gasteiger partial charge in [-0.15, -0.1) is 0 Å². The SMILES string of the molecule is O=C(O)[C@@H]1C[C@@H]2CCCC[C@@H]2N1C(=O)[C@H]1CCCO1. The highest BCUT2D eigenvalue weighted by Crippen LogP contribution is 2.40. The van der Waals surface area contributed by atoms with Crippen molar-refractivity contribution in [3.8, 4) is 0 Å². The lowest BCUT2D eigenvalue weighted by Crippen LogP contribution is -2.50. The fourth-order valence-electron chi connectivity index (χ4n) is 3.94. The molecule has 0 aromatic rings. The first-order valence-electron chi connectivity index (χ1n) is 7.35. The van der Waals surface area contributed by atoms with Crippen LogP contribution in [0.25, 0.3) is 0 Å². The van der Waals surface area contributed by atoms with Gasteiger partial charge in [0.1, 0.15) is 12.1 Å². The Balaban J connectivity index is 1.81. The molecule has 0 spiro atoms. The second kappa shape index (κ2) is 5.12. The van der Waals surface area contributed by atoms with Gasteiger partial charge in [-0.1, -0.05) is 12.8 Å². The minimum atomic E-state index is -0.860. The summed E-state index contributed by atoms with van der Waals surface area (Å²) in [5, 5.41) is 9.39. The summed E-state index contributed by atoms with van der Waals surface area (Å²) in [4.78, 5) is 25.6. The van der Waals surface area contributed by atoms with E-state index in [9.17, 15) is 14.7 Å². The predicted octanol–water partition coefficient (Wildman–Crippen LogP) is 1.41. The molecular formula is C14H21NO4. The van der Waals surface area contributed by atoms with Crippen LogP contribution in [0.4, 0.5) is 0 Å². The Kier molecular flexibility index (Phi) is 3.48. The van der Waals surface area contributed by atoms with Gasteiger partial charge in [0.25, 0.3) is 5.91 Å². The maximum Gasteiger partial charge on any atom is 0.326 e. The highest BCUT2D eigenvalue weighted by molar-refractivity contribution is 5.87. The van der Waals surface area contributed by atoms with Crippen molar-refractivity contribution in [2.24, 2.45) is 5.92 Å². The van der Waals surface area contributed by atoms with Crippen LogP contribution in [0, 0.1) is 5.92 Å². The van der Waals surface area contributed by atoms with Crippen LogP contribution in [-0.2, 0) is 14.3 Å². The fourth-order valence-corrected chi connectivity index (χ4v) is 3.94. The third-order valence-corrected chi connectivity index (χ3v) is 4.83.